The van der Waals surface area contributed by atoms with Gasteiger partial charge in [-0.1, -0.05) is 5.16 Å². The minimum atomic E-state index is -0.254. The van der Waals surface area contributed by atoms with Gasteiger partial charge in [-0.15, -0.1) is 0 Å². The number of aromatic nitrogens is 2. The van der Waals surface area contributed by atoms with Gasteiger partial charge in [0.05, 0.1) is 0 Å². The first-order chi connectivity index (χ1) is 4.20. The Balaban J connectivity index is 2.98. The zero-order valence-electron chi connectivity index (χ0n) is 4.79. The fourth-order valence-electron chi connectivity index (χ4n) is 0.378. The van der Waals surface area contributed by atoms with E-state index < -0.39 is 0 Å². The Labute approximate surface area is 50.8 Å². The second kappa shape index (κ2) is 1.85. The summed E-state index contributed by atoms with van der Waals surface area (Å²) in [6.45, 7) is 1.34. The molecule has 1 heterocycles. The highest BCUT2D eigenvalue weighted by molar-refractivity contribution is 5.90. The second-order valence-electron chi connectivity index (χ2n) is 1.51. The van der Waals surface area contributed by atoms with Crippen LogP contribution >= 0.6 is 0 Å². The molecular weight excluding hydrogens is 122 g/mol. The fraction of sp³-hybridized carbons (Fsp3) is 0.250. The van der Waals surface area contributed by atoms with E-state index in [0.29, 0.717) is 0 Å². The van der Waals surface area contributed by atoms with Gasteiger partial charge in [-0.25, -0.2) is 0 Å². The van der Waals surface area contributed by atoms with Crippen molar-refractivity contribution in [2.24, 2.45) is 0 Å². The molecule has 5 nitrogen and oxygen atoms in total. The van der Waals surface area contributed by atoms with Crippen molar-refractivity contribution in [1.82, 2.24) is 10.1 Å². The molecule has 0 saturated heterocycles. The standard InChI is InChI=1S/C4H5N3O2/c1-2(8)3-6-4(5)9-7-3/h1H3,(H2,5,6,7). The minimum absolute atomic E-state index is 0.0208. The van der Waals surface area contributed by atoms with Crippen LogP contribution in [0.15, 0.2) is 4.52 Å². The third kappa shape index (κ3) is 1.04. The first-order valence-electron chi connectivity index (χ1n) is 2.30. The van der Waals surface area contributed by atoms with Crippen molar-refractivity contribution in [2.45, 2.75) is 6.92 Å². The largest absolute Gasteiger partial charge is 0.351 e. The molecule has 0 saturated carbocycles. The van der Waals surface area contributed by atoms with Crippen molar-refractivity contribution in [3.05, 3.63) is 5.82 Å². The predicted octanol–water partition coefficient (Wildman–Crippen LogP) is -0.146. The number of nitrogens with zero attached hydrogens (tertiary/aromatic N) is 2. The van der Waals surface area contributed by atoms with Gasteiger partial charge in [-0.05, 0) is 0 Å². The van der Waals surface area contributed by atoms with Crippen LogP contribution in [-0.4, -0.2) is 15.9 Å². The highest BCUT2D eigenvalue weighted by Crippen LogP contribution is 1.96. The van der Waals surface area contributed by atoms with Crippen molar-refractivity contribution in [3.8, 4) is 0 Å². The van der Waals surface area contributed by atoms with E-state index in [-0.39, 0.29) is 17.6 Å². The number of Topliss-reactive ketones (excluding diaryl/α,β-unsaturated/α-hetero) is 1. The molecule has 0 aliphatic carbocycles. The van der Waals surface area contributed by atoms with Crippen LogP contribution < -0.4 is 5.73 Å². The monoisotopic (exact) mass is 127 g/mol. The van der Waals surface area contributed by atoms with Gasteiger partial charge in [-0.3, -0.25) is 4.79 Å². The summed E-state index contributed by atoms with van der Waals surface area (Å²) in [7, 11) is 0. The highest BCUT2D eigenvalue weighted by Gasteiger charge is 2.05. The van der Waals surface area contributed by atoms with E-state index in [1.165, 1.54) is 6.92 Å². The lowest BCUT2D eigenvalue weighted by Gasteiger charge is -1.74. The van der Waals surface area contributed by atoms with E-state index in [9.17, 15) is 4.79 Å². The Morgan fingerprint density at radius 1 is 1.78 bits per heavy atom. The Morgan fingerprint density at radius 2 is 2.44 bits per heavy atom. The number of rotatable bonds is 1. The van der Waals surface area contributed by atoms with Gasteiger partial charge >= 0.3 is 6.01 Å². The zero-order valence-corrected chi connectivity index (χ0v) is 4.79. The molecule has 0 unspecified atom stereocenters. The Kier molecular flexibility index (Phi) is 1.18. The minimum Gasteiger partial charge on any atom is -0.351 e. The van der Waals surface area contributed by atoms with E-state index >= 15 is 0 Å². The molecule has 1 aromatic rings. The lowest BCUT2D eigenvalue weighted by molar-refractivity contribution is 0.100. The normalized spacial score (nSPS) is 9.44. The van der Waals surface area contributed by atoms with Gasteiger partial charge < -0.3 is 10.3 Å². The topological polar surface area (TPSA) is 82.0 Å². The quantitative estimate of drug-likeness (QED) is 0.530. The summed E-state index contributed by atoms with van der Waals surface area (Å²) in [5, 5.41) is 3.25. The van der Waals surface area contributed by atoms with Crippen molar-refractivity contribution < 1.29 is 9.32 Å². The molecule has 0 fully saturated rings. The lowest BCUT2D eigenvalue weighted by atomic mass is 10.4. The maximum atomic E-state index is 10.4. The van der Waals surface area contributed by atoms with E-state index in [1.807, 2.05) is 0 Å². The van der Waals surface area contributed by atoms with E-state index in [4.69, 9.17) is 5.73 Å². The van der Waals surface area contributed by atoms with Gasteiger partial charge in [0.25, 0.3) is 0 Å². The molecule has 1 rings (SSSR count). The molecule has 2 N–H and O–H groups in total. The summed E-state index contributed by atoms with van der Waals surface area (Å²) in [5.41, 5.74) is 5.02. The van der Waals surface area contributed by atoms with Crippen LogP contribution in [0.4, 0.5) is 6.01 Å². The van der Waals surface area contributed by atoms with Crippen molar-refractivity contribution in [1.29, 1.82) is 0 Å². The Bertz CT molecular complexity index is 229. The first kappa shape index (κ1) is 5.74. The van der Waals surface area contributed by atoms with Crippen LogP contribution in [-0.2, 0) is 0 Å². The number of carbonyl (C=O) groups excluding carboxylic acids is 1. The summed E-state index contributed by atoms with van der Waals surface area (Å²) < 4.78 is 4.32. The lowest BCUT2D eigenvalue weighted by Crippen LogP contribution is -1.94. The molecule has 0 atom stereocenters. The fourth-order valence-corrected chi connectivity index (χ4v) is 0.378. The summed E-state index contributed by atoms with van der Waals surface area (Å²) in [6.07, 6.45) is 0. The van der Waals surface area contributed by atoms with Crippen molar-refractivity contribution >= 4 is 11.8 Å². The van der Waals surface area contributed by atoms with Crippen LogP contribution in [0.3, 0.4) is 0 Å². The maximum absolute atomic E-state index is 10.4. The average Bonchev–Trinajstić information content (AvgIpc) is 2.14. The Hall–Kier alpha value is -1.39. The van der Waals surface area contributed by atoms with Gasteiger partial charge in [-0.2, -0.15) is 4.98 Å². The molecule has 1 aromatic heterocycles. The number of hydrogen-bond donors (Lipinski definition) is 1. The number of ketones is 1. The molecule has 0 amide bonds. The highest BCUT2D eigenvalue weighted by atomic mass is 16.5. The number of nitrogens with two attached hydrogens (primary N) is 1. The molecule has 0 aromatic carbocycles. The molecule has 0 aliphatic heterocycles. The first-order valence-corrected chi connectivity index (χ1v) is 2.30. The number of nitrogen functional groups attached to an aromatic ring is 1. The van der Waals surface area contributed by atoms with Crippen LogP contribution in [0.5, 0.6) is 0 Å². The van der Waals surface area contributed by atoms with E-state index in [1.54, 1.807) is 0 Å². The average molecular weight is 127 g/mol. The SMILES string of the molecule is CC(=O)c1noc(N)n1. The van der Waals surface area contributed by atoms with Crippen LogP contribution in [0, 0.1) is 0 Å². The third-order valence-electron chi connectivity index (χ3n) is 0.757. The summed E-state index contributed by atoms with van der Waals surface area (Å²) in [4.78, 5) is 13.9. The van der Waals surface area contributed by atoms with Crippen LogP contribution in [0.25, 0.3) is 0 Å². The predicted molar refractivity (Wildman–Crippen MR) is 28.7 cm³/mol. The second-order valence-corrected chi connectivity index (χ2v) is 1.51. The molecule has 0 radical (unpaired) electrons. The Morgan fingerprint density at radius 3 is 2.67 bits per heavy atom. The molecule has 48 valence electrons. The number of carbonyl (C=O) groups is 1. The number of hydrogen-bond acceptors (Lipinski definition) is 5. The van der Waals surface area contributed by atoms with Crippen molar-refractivity contribution in [2.75, 3.05) is 5.73 Å². The number of anilines is 1. The molecule has 0 bridgehead atoms. The molecule has 0 spiro atoms. The van der Waals surface area contributed by atoms with E-state index in [0.717, 1.165) is 0 Å². The molecular formula is C4H5N3O2. The van der Waals surface area contributed by atoms with E-state index in [2.05, 4.69) is 14.7 Å². The summed E-state index contributed by atoms with van der Waals surface area (Å²) >= 11 is 0. The molecule has 0 aliphatic rings. The van der Waals surface area contributed by atoms with Crippen LogP contribution in [0.2, 0.25) is 0 Å². The summed E-state index contributed by atoms with van der Waals surface area (Å²) in [5.74, 6) is -0.233. The molecule has 9 heavy (non-hydrogen) atoms. The van der Waals surface area contributed by atoms with Crippen molar-refractivity contribution in [3.63, 3.8) is 0 Å². The van der Waals surface area contributed by atoms with Gasteiger partial charge in [0.2, 0.25) is 11.6 Å². The van der Waals surface area contributed by atoms with Gasteiger partial charge in [0.1, 0.15) is 0 Å². The smallest absolute Gasteiger partial charge is 0.319 e. The molecule has 5 heteroatoms. The third-order valence-corrected chi connectivity index (χ3v) is 0.757. The summed E-state index contributed by atoms with van der Waals surface area (Å²) in [6, 6.07) is -0.0831. The van der Waals surface area contributed by atoms with Gasteiger partial charge in [0, 0.05) is 6.92 Å². The maximum Gasteiger partial charge on any atom is 0.319 e. The van der Waals surface area contributed by atoms with Gasteiger partial charge in [0.15, 0.2) is 0 Å². The zero-order chi connectivity index (χ0) is 6.85. The van der Waals surface area contributed by atoms with Crippen LogP contribution in [0.1, 0.15) is 17.5 Å².